The first-order chi connectivity index (χ1) is 8.19. The van der Waals surface area contributed by atoms with E-state index in [4.69, 9.17) is 15.2 Å². The van der Waals surface area contributed by atoms with Crippen molar-refractivity contribution in [3.8, 4) is 11.5 Å². The quantitative estimate of drug-likeness (QED) is 0.823. The normalized spacial score (nSPS) is 15.6. The molecule has 0 bridgehead atoms. The highest BCUT2D eigenvalue weighted by molar-refractivity contribution is 5.75. The Morgan fingerprint density at radius 3 is 3.12 bits per heavy atom. The minimum atomic E-state index is -0.318. The van der Waals surface area contributed by atoms with Crippen LogP contribution >= 0.6 is 0 Å². The fraction of sp³-hybridized carbons (Fsp3) is 0.417. The largest absolute Gasteiger partial charge is 0.497 e. The van der Waals surface area contributed by atoms with Gasteiger partial charge in [0.25, 0.3) is 0 Å². The van der Waals surface area contributed by atoms with Crippen molar-refractivity contribution in [2.45, 2.75) is 6.54 Å². The fourth-order valence-electron chi connectivity index (χ4n) is 1.89. The van der Waals surface area contributed by atoms with Crippen LogP contribution in [0.5, 0.6) is 11.5 Å². The zero-order chi connectivity index (χ0) is 12.3. The van der Waals surface area contributed by atoms with E-state index in [1.807, 2.05) is 23.1 Å². The molecule has 0 aromatic heterocycles. The second-order valence-electron chi connectivity index (χ2n) is 4.00. The SMILES string of the molecule is COc1ccc2c(c1)OCCN(CC(N)=O)C2. The molecule has 2 N–H and O–H groups in total. The number of primary amides is 1. The predicted molar refractivity (Wildman–Crippen MR) is 63.0 cm³/mol. The van der Waals surface area contributed by atoms with Gasteiger partial charge >= 0.3 is 0 Å². The van der Waals surface area contributed by atoms with E-state index in [0.29, 0.717) is 19.7 Å². The molecule has 0 radical (unpaired) electrons. The summed E-state index contributed by atoms with van der Waals surface area (Å²) in [7, 11) is 1.62. The third-order valence-corrected chi connectivity index (χ3v) is 2.71. The van der Waals surface area contributed by atoms with Gasteiger partial charge in [-0.1, -0.05) is 6.07 Å². The zero-order valence-corrected chi connectivity index (χ0v) is 9.81. The number of nitrogens with zero attached hydrogens (tertiary/aromatic N) is 1. The van der Waals surface area contributed by atoms with Crippen LogP contribution < -0.4 is 15.2 Å². The first kappa shape index (κ1) is 11.7. The van der Waals surface area contributed by atoms with Gasteiger partial charge in [-0.2, -0.15) is 0 Å². The number of amides is 1. The van der Waals surface area contributed by atoms with Crippen molar-refractivity contribution in [3.05, 3.63) is 23.8 Å². The molecule has 1 aliphatic heterocycles. The summed E-state index contributed by atoms with van der Waals surface area (Å²) in [4.78, 5) is 12.9. The number of ether oxygens (including phenoxy) is 2. The number of carbonyl (C=O) groups is 1. The van der Waals surface area contributed by atoms with Crippen LogP contribution in [0, 0.1) is 0 Å². The lowest BCUT2D eigenvalue weighted by Gasteiger charge is -2.16. The lowest BCUT2D eigenvalue weighted by molar-refractivity contribution is -0.119. The molecular formula is C12H16N2O3. The number of benzene rings is 1. The van der Waals surface area contributed by atoms with Gasteiger partial charge in [-0.05, 0) is 6.07 Å². The molecule has 0 saturated carbocycles. The average molecular weight is 236 g/mol. The Balaban J connectivity index is 2.17. The minimum Gasteiger partial charge on any atom is -0.497 e. The summed E-state index contributed by atoms with van der Waals surface area (Å²) in [5.74, 6) is 1.27. The molecule has 1 heterocycles. The van der Waals surface area contributed by atoms with Crippen LogP contribution in [0.3, 0.4) is 0 Å². The molecule has 0 aliphatic carbocycles. The van der Waals surface area contributed by atoms with E-state index in [0.717, 1.165) is 17.1 Å². The van der Waals surface area contributed by atoms with Crippen molar-refractivity contribution in [1.29, 1.82) is 0 Å². The van der Waals surface area contributed by atoms with Crippen LogP contribution in [0.2, 0.25) is 0 Å². The lowest BCUT2D eigenvalue weighted by Crippen LogP contribution is -2.34. The first-order valence-electron chi connectivity index (χ1n) is 5.49. The standard InChI is InChI=1S/C12H16N2O3/c1-16-10-3-2-9-7-14(8-12(13)15)4-5-17-11(9)6-10/h2-3,6H,4-5,7-8H2,1H3,(H2,13,15). The van der Waals surface area contributed by atoms with Crippen molar-refractivity contribution in [2.75, 3.05) is 26.8 Å². The van der Waals surface area contributed by atoms with Crippen molar-refractivity contribution < 1.29 is 14.3 Å². The maximum Gasteiger partial charge on any atom is 0.231 e. The van der Waals surface area contributed by atoms with E-state index < -0.39 is 0 Å². The molecule has 5 heteroatoms. The highest BCUT2D eigenvalue weighted by Crippen LogP contribution is 2.27. The van der Waals surface area contributed by atoms with Crippen LogP contribution in [0.25, 0.3) is 0 Å². The third-order valence-electron chi connectivity index (χ3n) is 2.71. The maximum absolute atomic E-state index is 10.9. The van der Waals surface area contributed by atoms with E-state index in [-0.39, 0.29) is 12.5 Å². The smallest absolute Gasteiger partial charge is 0.231 e. The van der Waals surface area contributed by atoms with Crippen LogP contribution in [-0.4, -0.2) is 37.6 Å². The van der Waals surface area contributed by atoms with Gasteiger partial charge in [-0.25, -0.2) is 0 Å². The summed E-state index contributed by atoms with van der Waals surface area (Å²) in [5.41, 5.74) is 6.24. The van der Waals surface area contributed by atoms with Gasteiger partial charge in [0.1, 0.15) is 18.1 Å². The van der Waals surface area contributed by atoms with E-state index in [2.05, 4.69) is 0 Å². The molecule has 2 rings (SSSR count). The predicted octanol–water partition coefficient (Wildman–Crippen LogP) is 0.375. The Kier molecular flexibility index (Phi) is 3.49. The van der Waals surface area contributed by atoms with Crippen LogP contribution in [0.4, 0.5) is 0 Å². The molecule has 0 saturated heterocycles. The van der Waals surface area contributed by atoms with Crippen LogP contribution in [-0.2, 0) is 11.3 Å². The summed E-state index contributed by atoms with van der Waals surface area (Å²) in [6.07, 6.45) is 0. The van der Waals surface area contributed by atoms with E-state index >= 15 is 0 Å². The summed E-state index contributed by atoms with van der Waals surface area (Å²) >= 11 is 0. The Morgan fingerprint density at radius 1 is 1.59 bits per heavy atom. The molecule has 1 aromatic rings. The summed E-state index contributed by atoms with van der Waals surface area (Å²) in [5, 5.41) is 0. The van der Waals surface area contributed by atoms with Gasteiger partial charge in [0.15, 0.2) is 0 Å². The molecule has 1 amide bonds. The third kappa shape index (κ3) is 2.88. The maximum atomic E-state index is 10.9. The molecule has 0 unspecified atom stereocenters. The van der Waals surface area contributed by atoms with Gasteiger partial charge in [0.2, 0.25) is 5.91 Å². The zero-order valence-electron chi connectivity index (χ0n) is 9.81. The molecule has 0 fully saturated rings. The lowest BCUT2D eigenvalue weighted by atomic mass is 10.2. The minimum absolute atomic E-state index is 0.259. The Morgan fingerprint density at radius 2 is 2.41 bits per heavy atom. The number of hydrogen-bond acceptors (Lipinski definition) is 4. The van der Waals surface area contributed by atoms with Crippen molar-refractivity contribution >= 4 is 5.91 Å². The van der Waals surface area contributed by atoms with Crippen molar-refractivity contribution in [3.63, 3.8) is 0 Å². The second-order valence-corrected chi connectivity index (χ2v) is 4.00. The topological polar surface area (TPSA) is 64.8 Å². The molecule has 0 spiro atoms. The summed E-state index contributed by atoms with van der Waals surface area (Å²) in [6.45, 7) is 2.17. The van der Waals surface area contributed by atoms with E-state index in [1.54, 1.807) is 7.11 Å². The van der Waals surface area contributed by atoms with Gasteiger partial charge in [0, 0.05) is 24.7 Å². The highest BCUT2D eigenvalue weighted by atomic mass is 16.5. The molecule has 5 nitrogen and oxygen atoms in total. The number of rotatable bonds is 3. The summed E-state index contributed by atoms with van der Waals surface area (Å²) < 4.78 is 10.8. The van der Waals surface area contributed by atoms with E-state index in [9.17, 15) is 4.79 Å². The highest BCUT2D eigenvalue weighted by Gasteiger charge is 2.16. The first-order valence-corrected chi connectivity index (χ1v) is 5.49. The Bertz CT molecular complexity index is 420. The van der Waals surface area contributed by atoms with Crippen LogP contribution in [0.1, 0.15) is 5.56 Å². The Labute approximate surface area is 100 Å². The number of nitrogens with two attached hydrogens (primary N) is 1. The number of methoxy groups -OCH3 is 1. The molecule has 17 heavy (non-hydrogen) atoms. The number of hydrogen-bond donors (Lipinski definition) is 1. The fourth-order valence-corrected chi connectivity index (χ4v) is 1.89. The Hall–Kier alpha value is -1.75. The van der Waals surface area contributed by atoms with Crippen molar-refractivity contribution in [1.82, 2.24) is 4.90 Å². The second kappa shape index (κ2) is 5.05. The van der Waals surface area contributed by atoms with Crippen molar-refractivity contribution in [2.24, 2.45) is 5.73 Å². The van der Waals surface area contributed by atoms with Gasteiger partial charge in [0.05, 0.1) is 13.7 Å². The van der Waals surface area contributed by atoms with Crippen LogP contribution in [0.15, 0.2) is 18.2 Å². The molecular weight excluding hydrogens is 220 g/mol. The molecule has 1 aromatic carbocycles. The summed E-state index contributed by atoms with van der Waals surface area (Å²) in [6, 6.07) is 5.70. The van der Waals surface area contributed by atoms with Gasteiger partial charge in [-0.3, -0.25) is 9.69 Å². The number of carbonyl (C=O) groups excluding carboxylic acids is 1. The van der Waals surface area contributed by atoms with Gasteiger partial charge in [-0.15, -0.1) is 0 Å². The monoisotopic (exact) mass is 236 g/mol. The van der Waals surface area contributed by atoms with E-state index in [1.165, 1.54) is 0 Å². The average Bonchev–Trinajstić information content (AvgIpc) is 2.48. The molecule has 92 valence electrons. The van der Waals surface area contributed by atoms with Gasteiger partial charge < -0.3 is 15.2 Å². The molecule has 0 atom stereocenters. The molecule has 1 aliphatic rings. The number of fused-ring (bicyclic) bond motifs is 1.